The van der Waals surface area contributed by atoms with E-state index in [1.165, 1.54) is 13.0 Å². The zero-order valence-corrected chi connectivity index (χ0v) is 12.4. The van der Waals surface area contributed by atoms with E-state index >= 15 is 0 Å². The van der Waals surface area contributed by atoms with Crippen LogP contribution in [0.4, 0.5) is 22.0 Å². The third-order valence-electron chi connectivity index (χ3n) is 2.38. The molecule has 0 spiro atoms. The van der Waals surface area contributed by atoms with Gasteiger partial charge in [-0.1, -0.05) is 6.07 Å². The van der Waals surface area contributed by atoms with Crippen molar-refractivity contribution in [2.45, 2.75) is 30.4 Å². The van der Waals surface area contributed by atoms with Crippen LogP contribution in [-0.2, 0) is 16.0 Å². The van der Waals surface area contributed by atoms with Crippen molar-refractivity contribution in [1.29, 1.82) is 5.26 Å². The third kappa shape index (κ3) is 5.94. The average molecular weight is 355 g/mol. The number of alkyl halides is 5. The summed E-state index contributed by atoms with van der Waals surface area (Å²) in [6.45, 7) is -1.89. The number of rotatable bonds is 6. The molecule has 0 aromatic heterocycles. The first-order chi connectivity index (χ1) is 10.7. The lowest BCUT2D eigenvalue weighted by molar-refractivity contribution is -0.142. The molecule has 4 nitrogen and oxygen atoms in total. The Kier molecular flexibility index (Phi) is 6.62. The van der Waals surface area contributed by atoms with Crippen molar-refractivity contribution >= 4 is 17.7 Å². The molecule has 1 rings (SSSR count). The summed E-state index contributed by atoms with van der Waals surface area (Å²) in [5.74, 6) is -1.67. The minimum atomic E-state index is -4.83. The van der Waals surface area contributed by atoms with Crippen molar-refractivity contribution < 1.29 is 36.2 Å². The number of esters is 1. The molecule has 0 heterocycles. The van der Waals surface area contributed by atoms with Crippen molar-refractivity contribution in [2.24, 2.45) is 0 Å². The summed E-state index contributed by atoms with van der Waals surface area (Å²) in [6.07, 6.45) is -0.562. The first-order valence-electron chi connectivity index (χ1n) is 6.10. The second kappa shape index (κ2) is 8.01. The Morgan fingerprint density at radius 3 is 2.52 bits per heavy atom. The Balaban J connectivity index is 3.37. The zero-order chi connectivity index (χ0) is 17.6. The highest BCUT2D eigenvalue weighted by atomic mass is 32.2. The summed E-state index contributed by atoms with van der Waals surface area (Å²) in [4.78, 5) is 10.6. The summed E-state index contributed by atoms with van der Waals surface area (Å²) in [6, 6.07) is 3.55. The van der Waals surface area contributed by atoms with Gasteiger partial charge in [0.15, 0.2) is 0 Å². The Labute approximate surface area is 132 Å². The highest BCUT2D eigenvalue weighted by Gasteiger charge is 2.34. The molecule has 10 heteroatoms. The van der Waals surface area contributed by atoms with Crippen LogP contribution in [0.15, 0.2) is 17.0 Å². The van der Waals surface area contributed by atoms with Crippen LogP contribution in [0.1, 0.15) is 18.1 Å². The Morgan fingerprint density at radius 2 is 2.04 bits per heavy atom. The maximum atomic E-state index is 12.6. The van der Waals surface area contributed by atoms with Crippen molar-refractivity contribution in [2.75, 3.05) is 6.61 Å². The fourth-order valence-corrected chi connectivity index (χ4v) is 2.36. The molecule has 0 atom stereocenters. The maximum absolute atomic E-state index is 12.6. The fraction of sp³-hybridized carbons (Fsp3) is 0.385. The number of carbonyl (C=O) groups is 1. The normalized spacial score (nSPS) is 11.2. The summed E-state index contributed by atoms with van der Waals surface area (Å²) in [7, 11) is 0. The molecular weight excluding hydrogens is 345 g/mol. The largest absolute Gasteiger partial charge is 0.466 e. The molecule has 1 aromatic rings. The second-order valence-corrected chi connectivity index (χ2v) is 5.03. The van der Waals surface area contributed by atoms with E-state index in [0.29, 0.717) is 0 Å². The molecule has 0 radical (unpaired) electrons. The van der Waals surface area contributed by atoms with E-state index in [2.05, 4.69) is 9.47 Å². The van der Waals surface area contributed by atoms with Crippen LogP contribution in [0.3, 0.4) is 0 Å². The van der Waals surface area contributed by atoms with Crippen LogP contribution >= 0.6 is 11.8 Å². The van der Waals surface area contributed by atoms with Gasteiger partial charge in [0.05, 0.1) is 23.5 Å². The van der Waals surface area contributed by atoms with Crippen LogP contribution in [0.25, 0.3) is 0 Å². The number of benzene rings is 1. The topological polar surface area (TPSA) is 59.3 Å². The van der Waals surface area contributed by atoms with Gasteiger partial charge in [-0.3, -0.25) is 4.79 Å². The van der Waals surface area contributed by atoms with E-state index in [1.807, 2.05) is 0 Å². The highest BCUT2D eigenvalue weighted by molar-refractivity contribution is 8.00. The molecular formula is C13H10F5NO3S. The van der Waals surface area contributed by atoms with Crippen molar-refractivity contribution in [3.63, 3.8) is 0 Å². The summed E-state index contributed by atoms with van der Waals surface area (Å²) >= 11 is -0.758. The summed E-state index contributed by atoms with van der Waals surface area (Å²) < 4.78 is 71.6. The van der Waals surface area contributed by atoms with Gasteiger partial charge in [-0.05, 0) is 24.8 Å². The van der Waals surface area contributed by atoms with Gasteiger partial charge in [0.25, 0.3) is 0 Å². The molecule has 0 fully saturated rings. The van der Waals surface area contributed by atoms with Crippen molar-refractivity contribution in [1.82, 2.24) is 0 Å². The quantitative estimate of drug-likeness (QED) is 0.440. The maximum Gasteiger partial charge on any atom is 0.446 e. The molecule has 0 bridgehead atoms. The fourth-order valence-electron chi connectivity index (χ4n) is 1.63. The first kappa shape index (κ1) is 19.0. The SMILES string of the molecule is CCOC(=O)Cc1ccc(C#N)c(SC(F)(F)F)c1OC(F)F. The number of hydrogen-bond donors (Lipinski definition) is 0. The van der Waals surface area contributed by atoms with E-state index in [1.54, 1.807) is 0 Å². The monoisotopic (exact) mass is 355 g/mol. The standard InChI is InChI=1S/C13H10F5NO3S/c1-2-21-9(20)5-7-3-4-8(6-19)11(23-13(16,17)18)10(7)22-12(14)15/h3-4,12H,2,5H2,1H3. The average Bonchev–Trinajstić information content (AvgIpc) is 2.41. The zero-order valence-electron chi connectivity index (χ0n) is 11.6. The number of carbonyl (C=O) groups excluding carboxylic acids is 1. The van der Waals surface area contributed by atoms with Crippen molar-refractivity contribution in [3.8, 4) is 11.8 Å². The number of nitriles is 1. The van der Waals surface area contributed by atoms with Crippen molar-refractivity contribution in [3.05, 3.63) is 23.3 Å². The molecule has 0 N–H and O–H groups in total. The summed E-state index contributed by atoms with van der Waals surface area (Å²) in [5.41, 5.74) is -5.54. The number of nitrogens with zero attached hydrogens (tertiary/aromatic N) is 1. The first-order valence-corrected chi connectivity index (χ1v) is 6.91. The Morgan fingerprint density at radius 1 is 1.39 bits per heavy atom. The van der Waals surface area contributed by atoms with Gasteiger partial charge in [0.2, 0.25) is 0 Å². The Bertz CT molecular complexity index is 613. The van der Waals surface area contributed by atoms with Crippen LogP contribution < -0.4 is 4.74 Å². The van der Waals surface area contributed by atoms with Crippen LogP contribution in [-0.4, -0.2) is 24.7 Å². The molecule has 0 amide bonds. The smallest absolute Gasteiger partial charge is 0.446 e. The van der Waals surface area contributed by atoms with Gasteiger partial charge in [0, 0.05) is 5.56 Å². The predicted molar refractivity (Wildman–Crippen MR) is 70.0 cm³/mol. The molecule has 0 aliphatic rings. The van der Waals surface area contributed by atoms with Crippen LogP contribution in [0, 0.1) is 11.3 Å². The molecule has 0 unspecified atom stereocenters. The van der Waals surface area contributed by atoms with Gasteiger partial charge < -0.3 is 9.47 Å². The minimum absolute atomic E-state index is 0.0182. The second-order valence-electron chi connectivity index (χ2n) is 3.95. The Hall–Kier alpha value is -2.02. The van der Waals surface area contributed by atoms with Gasteiger partial charge in [-0.2, -0.15) is 27.2 Å². The number of ether oxygens (including phenoxy) is 2. The van der Waals surface area contributed by atoms with E-state index in [9.17, 15) is 26.7 Å². The van der Waals surface area contributed by atoms with E-state index in [4.69, 9.17) is 5.26 Å². The van der Waals surface area contributed by atoms with E-state index < -0.39 is 52.5 Å². The molecule has 0 aliphatic heterocycles. The molecule has 23 heavy (non-hydrogen) atoms. The van der Waals surface area contributed by atoms with Gasteiger partial charge in [-0.25, -0.2) is 0 Å². The molecule has 126 valence electrons. The minimum Gasteiger partial charge on any atom is -0.466 e. The molecule has 1 aromatic carbocycles. The van der Waals surface area contributed by atoms with Crippen LogP contribution in [0.5, 0.6) is 5.75 Å². The van der Waals surface area contributed by atoms with Gasteiger partial charge >= 0.3 is 18.1 Å². The summed E-state index contributed by atoms with van der Waals surface area (Å²) in [5, 5.41) is 8.87. The lowest BCUT2D eigenvalue weighted by Gasteiger charge is -2.17. The number of hydrogen-bond acceptors (Lipinski definition) is 5. The van der Waals surface area contributed by atoms with Gasteiger partial charge in [0.1, 0.15) is 11.8 Å². The number of halogens is 5. The van der Waals surface area contributed by atoms with Crippen LogP contribution in [0.2, 0.25) is 0 Å². The van der Waals surface area contributed by atoms with E-state index in [-0.39, 0.29) is 12.2 Å². The predicted octanol–water partition coefficient (Wildman–Crippen LogP) is 3.88. The lowest BCUT2D eigenvalue weighted by atomic mass is 10.1. The molecule has 0 saturated carbocycles. The highest BCUT2D eigenvalue weighted by Crippen LogP contribution is 2.45. The number of thioether (sulfide) groups is 1. The molecule has 0 saturated heterocycles. The molecule has 0 aliphatic carbocycles. The third-order valence-corrected chi connectivity index (χ3v) is 3.22. The van der Waals surface area contributed by atoms with Gasteiger partial charge in [-0.15, -0.1) is 0 Å². The lowest BCUT2D eigenvalue weighted by Crippen LogP contribution is -2.13. The van der Waals surface area contributed by atoms with E-state index in [0.717, 1.165) is 12.1 Å².